The van der Waals surface area contributed by atoms with Crippen LogP contribution in [0.1, 0.15) is 53.9 Å². The van der Waals surface area contributed by atoms with Crippen LogP contribution in [0.3, 0.4) is 0 Å². The van der Waals surface area contributed by atoms with Gasteiger partial charge in [-0.1, -0.05) is 38.8 Å². The lowest BCUT2D eigenvalue weighted by Crippen LogP contribution is -2.34. The van der Waals surface area contributed by atoms with Crippen LogP contribution in [-0.4, -0.2) is 12.6 Å². The molecule has 2 unspecified atom stereocenters. The average molecular weight is 197 g/mol. The predicted molar refractivity (Wildman–Crippen MR) is 65.6 cm³/mol. The van der Waals surface area contributed by atoms with Crippen molar-refractivity contribution >= 4 is 0 Å². The second kappa shape index (κ2) is 8.05. The highest BCUT2D eigenvalue weighted by atomic mass is 14.9. The van der Waals surface area contributed by atoms with E-state index in [-0.39, 0.29) is 0 Å². The molecule has 0 radical (unpaired) electrons. The van der Waals surface area contributed by atoms with Crippen LogP contribution in [0.15, 0.2) is 11.6 Å². The van der Waals surface area contributed by atoms with Gasteiger partial charge in [0.2, 0.25) is 0 Å². The summed E-state index contributed by atoms with van der Waals surface area (Å²) in [6.07, 6.45) is 6.18. The van der Waals surface area contributed by atoms with E-state index >= 15 is 0 Å². The van der Waals surface area contributed by atoms with Gasteiger partial charge in [0.25, 0.3) is 0 Å². The highest BCUT2D eigenvalue weighted by Crippen LogP contribution is 2.13. The van der Waals surface area contributed by atoms with Crippen molar-refractivity contribution in [3.05, 3.63) is 11.6 Å². The average Bonchev–Trinajstić information content (AvgIpc) is 2.12. The minimum atomic E-state index is 0.569. The van der Waals surface area contributed by atoms with Gasteiger partial charge in [-0.05, 0) is 39.2 Å². The maximum absolute atomic E-state index is 3.61. The number of allylic oxidation sites excluding steroid dienone is 1. The first-order valence-corrected chi connectivity index (χ1v) is 6.00. The first-order valence-electron chi connectivity index (χ1n) is 6.00. The molecule has 0 aromatic heterocycles. The zero-order valence-corrected chi connectivity index (χ0v) is 10.6. The van der Waals surface area contributed by atoms with E-state index < -0.39 is 0 Å². The Morgan fingerprint density at radius 3 is 2.29 bits per heavy atom. The van der Waals surface area contributed by atoms with E-state index in [1.165, 1.54) is 24.8 Å². The molecule has 1 heteroatoms. The normalized spacial score (nSPS) is 14.9. The van der Waals surface area contributed by atoms with Gasteiger partial charge < -0.3 is 5.32 Å². The second-order valence-electron chi connectivity index (χ2n) is 4.49. The van der Waals surface area contributed by atoms with Crippen LogP contribution in [0.25, 0.3) is 0 Å². The molecule has 0 aliphatic carbocycles. The molecule has 1 nitrogen and oxygen atoms in total. The van der Waals surface area contributed by atoms with Gasteiger partial charge in [-0.3, -0.25) is 0 Å². The topological polar surface area (TPSA) is 12.0 Å². The Labute approximate surface area is 90.0 Å². The van der Waals surface area contributed by atoms with Crippen molar-refractivity contribution in [2.45, 2.75) is 59.9 Å². The van der Waals surface area contributed by atoms with Crippen molar-refractivity contribution in [2.75, 3.05) is 6.54 Å². The first kappa shape index (κ1) is 13.7. The van der Waals surface area contributed by atoms with E-state index in [2.05, 4.69) is 46.0 Å². The molecule has 1 N–H and O–H groups in total. The standard InChI is InChI=1S/C13H27N/c1-6-8-12(5)13(10-11(3)4)14-9-7-2/h10,12-14H,6-9H2,1-5H3. The Hall–Kier alpha value is -0.300. The maximum Gasteiger partial charge on any atom is 0.0278 e. The monoisotopic (exact) mass is 197 g/mol. The fourth-order valence-corrected chi connectivity index (χ4v) is 1.73. The number of hydrogen-bond donors (Lipinski definition) is 1. The molecular weight excluding hydrogens is 170 g/mol. The van der Waals surface area contributed by atoms with Crippen molar-refractivity contribution in [1.29, 1.82) is 0 Å². The summed E-state index contributed by atoms with van der Waals surface area (Å²) in [5.74, 6) is 0.751. The van der Waals surface area contributed by atoms with Crippen LogP contribution in [0.2, 0.25) is 0 Å². The lowest BCUT2D eigenvalue weighted by Gasteiger charge is -2.22. The Bertz CT molecular complexity index is 157. The molecular formula is C13H27N. The van der Waals surface area contributed by atoms with Gasteiger partial charge in [-0.25, -0.2) is 0 Å². The SMILES string of the molecule is CCCNC(C=C(C)C)C(C)CCC. The molecule has 0 heterocycles. The number of hydrogen-bond acceptors (Lipinski definition) is 1. The highest BCUT2D eigenvalue weighted by Gasteiger charge is 2.12. The maximum atomic E-state index is 3.61. The molecule has 0 aromatic rings. The summed E-state index contributed by atoms with van der Waals surface area (Å²) in [5.41, 5.74) is 1.42. The molecule has 0 rings (SSSR count). The molecule has 84 valence electrons. The van der Waals surface area contributed by atoms with Crippen LogP contribution in [0, 0.1) is 5.92 Å². The lowest BCUT2D eigenvalue weighted by molar-refractivity contribution is 0.405. The van der Waals surface area contributed by atoms with Gasteiger partial charge in [0.05, 0.1) is 0 Å². The van der Waals surface area contributed by atoms with Crippen LogP contribution in [0.4, 0.5) is 0 Å². The van der Waals surface area contributed by atoms with Gasteiger partial charge in [0.15, 0.2) is 0 Å². The molecule has 0 spiro atoms. The van der Waals surface area contributed by atoms with Crippen molar-refractivity contribution in [1.82, 2.24) is 5.32 Å². The molecule has 0 amide bonds. The summed E-state index contributed by atoms with van der Waals surface area (Å²) in [6, 6.07) is 0.569. The summed E-state index contributed by atoms with van der Waals surface area (Å²) in [6.45, 7) is 12.3. The van der Waals surface area contributed by atoms with Gasteiger partial charge in [0.1, 0.15) is 0 Å². The van der Waals surface area contributed by atoms with Crippen LogP contribution in [0.5, 0.6) is 0 Å². The van der Waals surface area contributed by atoms with E-state index in [1.807, 2.05) is 0 Å². The van der Waals surface area contributed by atoms with Gasteiger partial charge in [-0.2, -0.15) is 0 Å². The molecule has 0 aliphatic heterocycles. The minimum Gasteiger partial charge on any atom is -0.310 e. The molecule has 14 heavy (non-hydrogen) atoms. The van der Waals surface area contributed by atoms with Crippen LogP contribution < -0.4 is 5.32 Å². The fraction of sp³-hybridized carbons (Fsp3) is 0.846. The largest absolute Gasteiger partial charge is 0.310 e. The van der Waals surface area contributed by atoms with Crippen LogP contribution in [-0.2, 0) is 0 Å². The quantitative estimate of drug-likeness (QED) is 0.613. The third-order valence-electron chi connectivity index (χ3n) is 2.50. The summed E-state index contributed by atoms with van der Waals surface area (Å²) >= 11 is 0. The van der Waals surface area contributed by atoms with Crippen molar-refractivity contribution in [3.8, 4) is 0 Å². The second-order valence-corrected chi connectivity index (χ2v) is 4.49. The van der Waals surface area contributed by atoms with E-state index in [9.17, 15) is 0 Å². The Morgan fingerprint density at radius 1 is 1.21 bits per heavy atom. The lowest BCUT2D eigenvalue weighted by atomic mass is 9.95. The van der Waals surface area contributed by atoms with Gasteiger partial charge in [0, 0.05) is 6.04 Å². The summed E-state index contributed by atoms with van der Waals surface area (Å²) in [7, 11) is 0. The van der Waals surface area contributed by atoms with E-state index in [0.717, 1.165) is 12.5 Å². The Kier molecular flexibility index (Phi) is 7.87. The van der Waals surface area contributed by atoms with Gasteiger partial charge in [-0.15, -0.1) is 0 Å². The Morgan fingerprint density at radius 2 is 1.86 bits per heavy atom. The molecule has 0 aliphatic rings. The molecule has 0 bridgehead atoms. The summed E-state index contributed by atoms with van der Waals surface area (Å²) < 4.78 is 0. The highest BCUT2D eigenvalue weighted by molar-refractivity contribution is 5.02. The first-order chi connectivity index (χ1) is 6.61. The van der Waals surface area contributed by atoms with Crippen molar-refractivity contribution < 1.29 is 0 Å². The zero-order chi connectivity index (χ0) is 11.0. The predicted octanol–water partition coefficient (Wildman–Crippen LogP) is 3.76. The van der Waals surface area contributed by atoms with E-state index in [1.54, 1.807) is 0 Å². The molecule has 0 saturated carbocycles. The number of rotatable bonds is 7. The van der Waals surface area contributed by atoms with Crippen molar-refractivity contribution in [2.24, 2.45) is 5.92 Å². The fourth-order valence-electron chi connectivity index (χ4n) is 1.73. The Balaban J connectivity index is 4.15. The molecule has 0 saturated heterocycles. The van der Waals surface area contributed by atoms with E-state index in [4.69, 9.17) is 0 Å². The summed E-state index contributed by atoms with van der Waals surface area (Å²) in [5, 5.41) is 3.61. The van der Waals surface area contributed by atoms with E-state index in [0.29, 0.717) is 6.04 Å². The van der Waals surface area contributed by atoms with Gasteiger partial charge >= 0.3 is 0 Å². The zero-order valence-electron chi connectivity index (χ0n) is 10.6. The minimum absolute atomic E-state index is 0.569. The third kappa shape index (κ3) is 6.20. The number of nitrogens with one attached hydrogen (secondary N) is 1. The van der Waals surface area contributed by atoms with Crippen molar-refractivity contribution in [3.63, 3.8) is 0 Å². The molecule has 0 aromatic carbocycles. The summed E-state index contributed by atoms with van der Waals surface area (Å²) in [4.78, 5) is 0. The molecule has 0 fully saturated rings. The smallest absolute Gasteiger partial charge is 0.0278 e. The van der Waals surface area contributed by atoms with Crippen LogP contribution >= 0.6 is 0 Å². The molecule has 2 atom stereocenters. The third-order valence-corrected chi connectivity index (χ3v) is 2.50.